The van der Waals surface area contributed by atoms with Crippen LogP contribution in [0.3, 0.4) is 0 Å². The molecule has 0 heterocycles. The average Bonchev–Trinajstić information content (AvgIpc) is 2.03. The summed E-state index contributed by atoms with van der Waals surface area (Å²) in [7, 11) is 0. The molecular weight excluding hydrogens is 140 g/mol. The molecule has 64 valence electrons. The fourth-order valence-corrected chi connectivity index (χ4v) is 0.614. The molecule has 1 atom stereocenters. The molecule has 0 aromatic heterocycles. The van der Waals surface area contributed by atoms with Gasteiger partial charge in [-0.1, -0.05) is 13.0 Å². The molecule has 0 aromatic carbocycles. The zero-order chi connectivity index (χ0) is 8.69. The molecule has 3 heteroatoms. The van der Waals surface area contributed by atoms with Crippen molar-refractivity contribution in [3.05, 3.63) is 12.7 Å². The molecule has 0 saturated carbocycles. The fourth-order valence-electron chi connectivity index (χ4n) is 0.614. The van der Waals surface area contributed by atoms with E-state index in [0.29, 0.717) is 13.0 Å². The lowest BCUT2D eigenvalue weighted by Gasteiger charge is -2.08. The summed E-state index contributed by atoms with van der Waals surface area (Å²) in [5.41, 5.74) is 5.46. The first-order valence-corrected chi connectivity index (χ1v) is 3.86. The lowest BCUT2D eigenvalue weighted by Crippen LogP contribution is -2.40. The molecule has 0 rings (SSSR count). The van der Waals surface area contributed by atoms with Gasteiger partial charge in [0, 0.05) is 6.54 Å². The van der Waals surface area contributed by atoms with Crippen molar-refractivity contribution in [1.82, 2.24) is 5.32 Å². The van der Waals surface area contributed by atoms with E-state index in [4.69, 9.17) is 5.73 Å². The lowest BCUT2D eigenvalue weighted by atomic mass is 10.2. The summed E-state index contributed by atoms with van der Waals surface area (Å²) < 4.78 is 0. The molecule has 0 aromatic rings. The SMILES string of the molecule is C=CCCNC(=O)[C@H](N)CC. The Bertz CT molecular complexity index is 134. The Morgan fingerprint density at radius 3 is 2.91 bits per heavy atom. The maximum atomic E-state index is 11.0. The highest BCUT2D eigenvalue weighted by atomic mass is 16.2. The molecule has 0 aliphatic heterocycles. The van der Waals surface area contributed by atoms with Crippen LogP contribution in [0.15, 0.2) is 12.7 Å². The molecule has 11 heavy (non-hydrogen) atoms. The maximum absolute atomic E-state index is 11.0. The van der Waals surface area contributed by atoms with Crippen molar-refractivity contribution in [1.29, 1.82) is 0 Å². The summed E-state index contributed by atoms with van der Waals surface area (Å²) in [6.45, 7) is 6.06. The summed E-state index contributed by atoms with van der Waals surface area (Å²) in [6.07, 6.45) is 3.24. The minimum Gasteiger partial charge on any atom is -0.354 e. The van der Waals surface area contributed by atoms with E-state index in [-0.39, 0.29) is 11.9 Å². The molecule has 0 fully saturated rings. The van der Waals surface area contributed by atoms with Gasteiger partial charge in [-0.2, -0.15) is 0 Å². The van der Waals surface area contributed by atoms with Crippen molar-refractivity contribution in [3.63, 3.8) is 0 Å². The monoisotopic (exact) mass is 156 g/mol. The van der Waals surface area contributed by atoms with Gasteiger partial charge in [-0.25, -0.2) is 0 Å². The van der Waals surface area contributed by atoms with Crippen LogP contribution in [0.25, 0.3) is 0 Å². The van der Waals surface area contributed by atoms with Gasteiger partial charge in [0.2, 0.25) is 5.91 Å². The van der Waals surface area contributed by atoms with E-state index in [1.54, 1.807) is 6.08 Å². The first-order valence-electron chi connectivity index (χ1n) is 3.86. The number of nitrogens with one attached hydrogen (secondary N) is 1. The standard InChI is InChI=1S/C8H16N2O/c1-3-5-6-10-8(11)7(9)4-2/h3,7H,1,4-6,9H2,2H3,(H,10,11)/t7-/m1/s1. The number of rotatable bonds is 5. The van der Waals surface area contributed by atoms with Crippen LogP contribution in [0.5, 0.6) is 0 Å². The van der Waals surface area contributed by atoms with Crippen molar-refractivity contribution in [2.75, 3.05) is 6.54 Å². The van der Waals surface area contributed by atoms with E-state index in [2.05, 4.69) is 11.9 Å². The van der Waals surface area contributed by atoms with Crippen molar-refractivity contribution >= 4 is 5.91 Å². The summed E-state index contributed by atoms with van der Waals surface area (Å²) in [5.74, 6) is -0.0747. The third-order valence-corrected chi connectivity index (χ3v) is 1.42. The summed E-state index contributed by atoms with van der Waals surface area (Å²) >= 11 is 0. The topological polar surface area (TPSA) is 55.1 Å². The van der Waals surface area contributed by atoms with Crippen LogP contribution in [0.1, 0.15) is 19.8 Å². The Morgan fingerprint density at radius 1 is 1.82 bits per heavy atom. The van der Waals surface area contributed by atoms with E-state index in [0.717, 1.165) is 6.42 Å². The van der Waals surface area contributed by atoms with E-state index >= 15 is 0 Å². The van der Waals surface area contributed by atoms with Gasteiger partial charge in [0.05, 0.1) is 6.04 Å². The number of hydrogen-bond donors (Lipinski definition) is 2. The molecule has 3 nitrogen and oxygen atoms in total. The van der Waals surface area contributed by atoms with Gasteiger partial charge in [-0.3, -0.25) is 4.79 Å². The van der Waals surface area contributed by atoms with Crippen LogP contribution in [0, 0.1) is 0 Å². The fraction of sp³-hybridized carbons (Fsp3) is 0.625. The Morgan fingerprint density at radius 2 is 2.45 bits per heavy atom. The predicted octanol–water partition coefficient (Wildman–Crippen LogP) is 0.416. The molecule has 0 bridgehead atoms. The van der Waals surface area contributed by atoms with E-state index < -0.39 is 0 Å². The minimum atomic E-state index is -0.361. The molecule has 0 saturated heterocycles. The Labute approximate surface area is 67.7 Å². The highest BCUT2D eigenvalue weighted by Crippen LogP contribution is 1.85. The Balaban J connectivity index is 3.43. The van der Waals surface area contributed by atoms with Crippen LogP contribution in [0.2, 0.25) is 0 Å². The van der Waals surface area contributed by atoms with Gasteiger partial charge in [0.15, 0.2) is 0 Å². The zero-order valence-corrected chi connectivity index (χ0v) is 6.97. The summed E-state index contributed by atoms with van der Waals surface area (Å²) in [6, 6.07) is -0.361. The first-order chi connectivity index (χ1) is 5.22. The highest BCUT2D eigenvalue weighted by Gasteiger charge is 2.08. The number of carbonyl (C=O) groups is 1. The van der Waals surface area contributed by atoms with Crippen molar-refractivity contribution in [3.8, 4) is 0 Å². The van der Waals surface area contributed by atoms with Crippen LogP contribution >= 0.6 is 0 Å². The van der Waals surface area contributed by atoms with E-state index in [1.165, 1.54) is 0 Å². The Kier molecular flexibility index (Phi) is 5.47. The normalized spacial score (nSPS) is 12.2. The van der Waals surface area contributed by atoms with Gasteiger partial charge in [-0.15, -0.1) is 6.58 Å². The van der Waals surface area contributed by atoms with E-state index in [9.17, 15) is 4.79 Å². The zero-order valence-electron chi connectivity index (χ0n) is 6.97. The Hall–Kier alpha value is -0.830. The van der Waals surface area contributed by atoms with Crippen molar-refractivity contribution in [2.24, 2.45) is 5.73 Å². The summed E-state index contributed by atoms with van der Waals surface area (Å²) in [4.78, 5) is 11.0. The van der Waals surface area contributed by atoms with Gasteiger partial charge in [-0.05, 0) is 12.8 Å². The second-order valence-electron chi connectivity index (χ2n) is 2.38. The molecule has 0 unspecified atom stereocenters. The number of amides is 1. The summed E-state index contributed by atoms with van der Waals surface area (Å²) in [5, 5.41) is 2.70. The minimum absolute atomic E-state index is 0.0747. The number of carbonyl (C=O) groups excluding carboxylic acids is 1. The van der Waals surface area contributed by atoms with Gasteiger partial charge >= 0.3 is 0 Å². The third-order valence-electron chi connectivity index (χ3n) is 1.42. The second kappa shape index (κ2) is 5.92. The van der Waals surface area contributed by atoms with Crippen LogP contribution in [-0.4, -0.2) is 18.5 Å². The second-order valence-corrected chi connectivity index (χ2v) is 2.38. The molecule has 0 radical (unpaired) electrons. The highest BCUT2D eigenvalue weighted by molar-refractivity contribution is 5.81. The molecule has 3 N–H and O–H groups in total. The average molecular weight is 156 g/mol. The van der Waals surface area contributed by atoms with Gasteiger partial charge in [0.25, 0.3) is 0 Å². The largest absolute Gasteiger partial charge is 0.354 e. The predicted molar refractivity (Wildman–Crippen MR) is 46.1 cm³/mol. The molecule has 0 aliphatic rings. The number of nitrogens with two attached hydrogens (primary N) is 1. The molecular formula is C8H16N2O. The maximum Gasteiger partial charge on any atom is 0.236 e. The molecule has 0 aliphatic carbocycles. The van der Waals surface area contributed by atoms with Gasteiger partial charge in [0.1, 0.15) is 0 Å². The van der Waals surface area contributed by atoms with Crippen molar-refractivity contribution in [2.45, 2.75) is 25.8 Å². The first kappa shape index (κ1) is 10.2. The molecule has 0 spiro atoms. The van der Waals surface area contributed by atoms with Crippen LogP contribution in [0.4, 0.5) is 0 Å². The quantitative estimate of drug-likeness (QED) is 0.447. The molecule has 1 amide bonds. The smallest absolute Gasteiger partial charge is 0.236 e. The van der Waals surface area contributed by atoms with Gasteiger partial charge < -0.3 is 11.1 Å². The third kappa shape index (κ3) is 4.56. The number of hydrogen-bond acceptors (Lipinski definition) is 2. The van der Waals surface area contributed by atoms with Crippen LogP contribution in [-0.2, 0) is 4.79 Å². The van der Waals surface area contributed by atoms with Crippen molar-refractivity contribution < 1.29 is 4.79 Å². The van der Waals surface area contributed by atoms with Crippen LogP contribution < -0.4 is 11.1 Å². The lowest BCUT2D eigenvalue weighted by molar-refractivity contribution is -0.122. The van der Waals surface area contributed by atoms with E-state index in [1.807, 2.05) is 6.92 Å².